The molecule has 6 heteroatoms. The van der Waals surface area contributed by atoms with Crippen LogP contribution in [0.15, 0.2) is 170 Å². The van der Waals surface area contributed by atoms with Gasteiger partial charge in [-0.3, -0.25) is 14.4 Å². The van der Waals surface area contributed by atoms with Crippen LogP contribution < -0.4 is 0 Å². The summed E-state index contributed by atoms with van der Waals surface area (Å²) in [6.07, 6.45) is 96.4. The first-order valence-corrected chi connectivity index (χ1v) is 31.6. The van der Waals surface area contributed by atoms with Gasteiger partial charge in [-0.05, 0) is 154 Å². The van der Waals surface area contributed by atoms with Gasteiger partial charge in [-0.2, -0.15) is 0 Å². The monoisotopic (exact) mass is 1090 g/mol. The van der Waals surface area contributed by atoms with Gasteiger partial charge >= 0.3 is 17.9 Å². The zero-order valence-corrected chi connectivity index (χ0v) is 50.6. The first-order valence-electron chi connectivity index (χ1n) is 31.6. The van der Waals surface area contributed by atoms with Gasteiger partial charge in [0.25, 0.3) is 0 Å². The molecule has 0 aliphatic carbocycles. The molecule has 0 bridgehead atoms. The number of allylic oxidation sites excluding steroid dienone is 28. The number of carbonyl (C=O) groups excluding carboxylic acids is 3. The molecule has 0 fully saturated rings. The number of hydrogen-bond donors (Lipinski definition) is 0. The average molecular weight is 1090 g/mol. The number of hydrogen-bond acceptors (Lipinski definition) is 6. The molecule has 0 aromatic rings. The smallest absolute Gasteiger partial charge is 0.306 e. The topological polar surface area (TPSA) is 78.9 Å². The first-order chi connectivity index (χ1) is 39.0. The van der Waals surface area contributed by atoms with Crippen molar-refractivity contribution in [1.29, 1.82) is 0 Å². The van der Waals surface area contributed by atoms with Crippen LogP contribution in [0, 0.1) is 0 Å². The molecule has 1 atom stereocenters. The Morgan fingerprint density at radius 1 is 0.266 bits per heavy atom. The minimum Gasteiger partial charge on any atom is -0.462 e. The third kappa shape index (κ3) is 63.5. The Bertz CT molecular complexity index is 1820. The molecule has 442 valence electrons. The minimum atomic E-state index is -0.818. The van der Waals surface area contributed by atoms with E-state index in [1.807, 2.05) is 0 Å². The van der Waals surface area contributed by atoms with Gasteiger partial charge in [0.2, 0.25) is 0 Å². The Hall–Kier alpha value is -5.23. The predicted molar refractivity (Wildman–Crippen MR) is 343 cm³/mol. The molecule has 0 aliphatic rings. The van der Waals surface area contributed by atoms with Crippen LogP contribution in [0.2, 0.25) is 0 Å². The van der Waals surface area contributed by atoms with Crippen LogP contribution in [0.3, 0.4) is 0 Å². The van der Waals surface area contributed by atoms with Crippen LogP contribution in [0.5, 0.6) is 0 Å². The summed E-state index contributed by atoms with van der Waals surface area (Å²) in [6, 6.07) is 0. The Morgan fingerprint density at radius 2 is 0.519 bits per heavy atom. The molecule has 6 nitrogen and oxygen atoms in total. The highest BCUT2D eigenvalue weighted by Gasteiger charge is 2.19. The fourth-order valence-corrected chi connectivity index (χ4v) is 7.95. The molecule has 0 aromatic carbocycles. The highest BCUT2D eigenvalue weighted by molar-refractivity contribution is 5.71. The standard InChI is InChI=1S/C73H114O6/c1-4-7-10-13-16-19-22-25-27-28-29-30-31-32-33-34-35-36-37-38-39-40-41-42-43-44-46-48-51-54-57-60-63-66-72(75)78-69-70(68-77-71(74)65-62-59-56-53-50-47-24-21-18-15-12-9-6-3)79-73(76)67-64-61-58-55-52-49-45-26-23-20-17-14-11-8-5-2/h7,10,12,15-17,19-21,24-27,29-30,32-33,35-36,38-39,41-42,44-46,51,54,70H,4-6,8-9,11,13-14,18,22-23,28,31,34,37,40,43,47-50,52-53,55-69H2,1-3H3/b10-7-,15-12-,19-16-,20-17-,24-21-,27-25-,30-29-,33-32-,36-35-,39-38-,42-41-,45-26-,46-44-,54-51-. The van der Waals surface area contributed by atoms with Crippen LogP contribution in [0.4, 0.5) is 0 Å². The Balaban J connectivity index is 4.41. The molecule has 0 aromatic heterocycles. The van der Waals surface area contributed by atoms with Crippen molar-refractivity contribution in [1.82, 2.24) is 0 Å². The lowest BCUT2D eigenvalue weighted by atomic mass is 10.1. The second-order valence-electron chi connectivity index (χ2n) is 20.2. The van der Waals surface area contributed by atoms with E-state index >= 15 is 0 Å². The summed E-state index contributed by atoms with van der Waals surface area (Å²) in [7, 11) is 0. The van der Waals surface area contributed by atoms with Gasteiger partial charge < -0.3 is 14.2 Å². The second-order valence-corrected chi connectivity index (χ2v) is 20.2. The molecule has 1 unspecified atom stereocenters. The molecular formula is C73H114O6. The van der Waals surface area contributed by atoms with E-state index in [-0.39, 0.29) is 37.5 Å². The number of ether oxygens (including phenoxy) is 3. The van der Waals surface area contributed by atoms with Gasteiger partial charge in [0.15, 0.2) is 6.10 Å². The van der Waals surface area contributed by atoms with Gasteiger partial charge in [0.05, 0.1) is 0 Å². The largest absolute Gasteiger partial charge is 0.462 e. The van der Waals surface area contributed by atoms with Gasteiger partial charge in [-0.15, -0.1) is 0 Å². The Kier molecular flexibility index (Phi) is 61.0. The number of esters is 3. The predicted octanol–water partition coefficient (Wildman–Crippen LogP) is 21.9. The fourth-order valence-electron chi connectivity index (χ4n) is 7.95. The minimum absolute atomic E-state index is 0.112. The van der Waals surface area contributed by atoms with Crippen LogP contribution in [0.1, 0.15) is 252 Å². The lowest BCUT2D eigenvalue weighted by molar-refractivity contribution is -0.167. The van der Waals surface area contributed by atoms with E-state index < -0.39 is 6.10 Å². The Morgan fingerprint density at radius 3 is 0.848 bits per heavy atom. The van der Waals surface area contributed by atoms with Crippen molar-refractivity contribution < 1.29 is 28.6 Å². The summed E-state index contributed by atoms with van der Waals surface area (Å²) in [5.41, 5.74) is 0. The van der Waals surface area contributed by atoms with E-state index in [1.165, 1.54) is 32.1 Å². The fraction of sp³-hybridized carbons (Fsp3) is 0.575. The first kappa shape index (κ1) is 73.8. The van der Waals surface area contributed by atoms with Crippen molar-refractivity contribution in [2.24, 2.45) is 0 Å². The second kappa shape index (κ2) is 65.3. The zero-order chi connectivity index (χ0) is 57.1. The maximum atomic E-state index is 12.9. The van der Waals surface area contributed by atoms with Crippen LogP contribution in [0.25, 0.3) is 0 Å². The Labute approximate surface area is 485 Å². The SMILES string of the molecule is CC/C=C\C/C=C\C/C=C\C/C=C\C/C=C\C/C=C\C/C=C\C/C=C\C/C=C\C/C=C\CCCCC(=O)OCC(COC(=O)CCCCCCC/C=C\C/C=C\CCC)OC(=O)CCCCCCC/C=C\C/C=C\CCCCC. The van der Waals surface area contributed by atoms with Crippen LogP contribution in [-0.4, -0.2) is 37.2 Å². The van der Waals surface area contributed by atoms with Crippen molar-refractivity contribution in [2.45, 2.75) is 258 Å². The van der Waals surface area contributed by atoms with Crippen LogP contribution >= 0.6 is 0 Å². The van der Waals surface area contributed by atoms with Crippen molar-refractivity contribution in [2.75, 3.05) is 13.2 Å². The van der Waals surface area contributed by atoms with Gasteiger partial charge in [-0.25, -0.2) is 0 Å². The molecule has 0 aliphatic heterocycles. The van der Waals surface area contributed by atoms with E-state index in [1.54, 1.807) is 0 Å². The summed E-state index contributed by atoms with van der Waals surface area (Å²) in [5, 5.41) is 0. The molecular weight excluding hydrogens is 973 g/mol. The van der Waals surface area contributed by atoms with E-state index in [4.69, 9.17) is 14.2 Å². The van der Waals surface area contributed by atoms with E-state index in [0.29, 0.717) is 19.3 Å². The third-order valence-corrected chi connectivity index (χ3v) is 12.7. The van der Waals surface area contributed by atoms with Gasteiger partial charge in [0, 0.05) is 19.3 Å². The third-order valence-electron chi connectivity index (χ3n) is 12.7. The summed E-state index contributed by atoms with van der Waals surface area (Å²) in [4.78, 5) is 38.2. The molecule has 79 heavy (non-hydrogen) atoms. The summed E-state index contributed by atoms with van der Waals surface area (Å²) in [5.74, 6) is -0.992. The average Bonchev–Trinajstić information content (AvgIpc) is 3.45. The molecule has 0 N–H and O–H groups in total. The summed E-state index contributed by atoms with van der Waals surface area (Å²) >= 11 is 0. The normalized spacial score (nSPS) is 13.3. The van der Waals surface area contributed by atoms with Gasteiger partial charge in [0.1, 0.15) is 13.2 Å². The molecule has 0 rings (SSSR count). The molecule has 0 amide bonds. The number of carbonyl (C=O) groups is 3. The van der Waals surface area contributed by atoms with Crippen molar-refractivity contribution in [3.05, 3.63) is 170 Å². The highest BCUT2D eigenvalue weighted by Crippen LogP contribution is 2.13. The van der Waals surface area contributed by atoms with Gasteiger partial charge in [-0.1, -0.05) is 249 Å². The lowest BCUT2D eigenvalue weighted by Crippen LogP contribution is -2.30. The maximum absolute atomic E-state index is 12.9. The summed E-state index contributed by atoms with van der Waals surface area (Å²) in [6.45, 7) is 6.36. The van der Waals surface area contributed by atoms with E-state index in [0.717, 1.165) is 173 Å². The molecule has 0 saturated heterocycles. The maximum Gasteiger partial charge on any atom is 0.306 e. The number of rotatable bonds is 55. The highest BCUT2D eigenvalue weighted by atomic mass is 16.6. The zero-order valence-electron chi connectivity index (χ0n) is 50.6. The molecule has 0 saturated carbocycles. The molecule has 0 radical (unpaired) electrons. The van der Waals surface area contributed by atoms with Crippen LogP contribution in [-0.2, 0) is 28.6 Å². The molecule has 0 heterocycles. The van der Waals surface area contributed by atoms with E-state index in [9.17, 15) is 14.4 Å². The lowest BCUT2D eigenvalue weighted by Gasteiger charge is -2.18. The summed E-state index contributed by atoms with van der Waals surface area (Å²) < 4.78 is 16.8. The number of unbranched alkanes of at least 4 members (excludes halogenated alkanes) is 16. The van der Waals surface area contributed by atoms with E-state index in [2.05, 4.69) is 191 Å². The van der Waals surface area contributed by atoms with Crippen molar-refractivity contribution in [3.8, 4) is 0 Å². The quantitative estimate of drug-likeness (QED) is 0.0261. The van der Waals surface area contributed by atoms with Crippen molar-refractivity contribution >= 4 is 17.9 Å². The molecule has 0 spiro atoms. The van der Waals surface area contributed by atoms with Crippen molar-refractivity contribution in [3.63, 3.8) is 0 Å².